The third-order valence-electron chi connectivity index (χ3n) is 7.30. The Balaban J connectivity index is 1.40. The van der Waals surface area contributed by atoms with Gasteiger partial charge in [0, 0.05) is 25.3 Å². The molecule has 1 spiro atoms. The van der Waals surface area contributed by atoms with Crippen LogP contribution >= 0.6 is 23.2 Å². The molecule has 0 radical (unpaired) electrons. The molecule has 40 heavy (non-hydrogen) atoms. The van der Waals surface area contributed by atoms with Crippen molar-refractivity contribution in [1.29, 1.82) is 0 Å². The minimum atomic E-state index is -1.41. The number of amides is 4. The molecule has 2 fully saturated rings. The summed E-state index contributed by atoms with van der Waals surface area (Å²) >= 11 is 12.1. The lowest BCUT2D eigenvalue weighted by Crippen LogP contribution is -2.59. The maximum Gasteiger partial charge on any atom is 0.328 e. The van der Waals surface area contributed by atoms with Gasteiger partial charge < -0.3 is 30.4 Å². The first-order chi connectivity index (χ1) is 19.0. The van der Waals surface area contributed by atoms with Crippen LogP contribution in [0.5, 0.6) is 0 Å². The Labute approximate surface area is 243 Å². The van der Waals surface area contributed by atoms with Crippen LogP contribution in [0.2, 0.25) is 10.0 Å². The summed E-state index contributed by atoms with van der Waals surface area (Å²) in [5.41, 5.74) is 0.165. The van der Waals surface area contributed by atoms with Gasteiger partial charge in [-0.3, -0.25) is 9.59 Å². The molecule has 4 rings (SSSR count). The van der Waals surface area contributed by atoms with Crippen molar-refractivity contribution in [1.82, 2.24) is 20.4 Å². The number of nitrogens with one attached hydrogen (secondary N) is 2. The van der Waals surface area contributed by atoms with E-state index in [2.05, 4.69) is 29.4 Å². The van der Waals surface area contributed by atoms with Gasteiger partial charge in [0.25, 0.3) is 5.91 Å². The van der Waals surface area contributed by atoms with E-state index in [0.717, 1.165) is 5.69 Å². The normalized spacial score (nSPS) is 17.3. The number of anilines is 1. The van der Waals surface area contributed by atoms with Crippen LogP contribution in [-0.4, -0.2) is 83.1 Å². The summed E-state index contributed by atoms with van der Waals surface area (Å²) in [6.45, 7) is 5.58. The van der Waals surface area contributed by atoms with Crippen molar-refractivity contribution in [3.05, 3.63) is 64.1 Å². The van der Waals surface area contributed by atoms with Crippen LogP contribution in [-0.2, 0) is 9.59 Å². The van der Waals surface area contributed by atoms with Gasteiger partial charge in [-0.2, -0.15) is 0 Å². The first-order valence-corrected chi connectivity index (χ1v) is 13.9. The molecule has 3 N–H and O–H groups in total. The maximum atomic E-state index is 13.7. The van der Waals surface area contributed by atoms with Gasteiger partial charge in [0.1, 0.15) is 11.6 Å². The second kappa shape index (κ2) is 12.3. The molecule has 214 valence electrons. The highest BCUT2D eigenvalue weighted by molar-refractivity contribution is 6.39. The molecular weight excluding hydrogens is 557 g/mol. The van der Waals surface area contributed by atoms with E-state index in [4.69, 9.17) is 23.2 Å². The SMILES string of the molecule is CC(C)CN1CN(c2ccccc2)C2(CCN(C(=O)NCC(NC(=O)c3c(Cl)cccc3Cl)C(=O)O)CC2)C1=O. The fraction of sp³-hybridized carbons (Fsp3) is 0.429. The van der Waals surface area contributed by atoms with E-state index in [1.807, 2.05) is 35.2 Å². The van der Waals surface area contributed by atoms with Crippen LogP contribution in [0.25, 0.3) is 0 Å². The molecule has 0 aromatic heterocycles. The Bertz CT molecular complexity index is 1250. The average molecular weight is 591 g/mol. The molecule has 2 saturated heterocycles. The minimum absolute atomic E-state index is 0.0412. The quantitative estimate of drug-likeness (QED) is 0.431. The molecule has 10 nitrogen and oxygen atoms in total. The number of hydrogen-bond acceptors (Lipinski definition) is 5. The number of likely N-dealkylation sites (tertiary alicyclic amines) is 1. The molecule has 1 unspecified atom stereocenters. The Morgan fingerprint density at radius 1 is 1.00 bits per heavy atom. The van der Waals surface area contributed by atoms with Crippen LogP contribution in [0, 0.1) is 5.92 Å². The van der Waals surface area contributed by atoms with E-state index < -0.39 is 29.5 Å². The third kappa shape index (κ3) is 6.13. The number of benzene rings is 2. The van der Waals surface area contributed by atoms with Crippen LogP contribution in [0.15, 0.2) is 48.5 Å². The van der Waals surface area contributed by atoms with E-state index in [9.17, 15) is 24.3 Å². The van der Waals surface area contributed by atoms with Crippen LogP contribution < -0.4 is 15.5 Å². The number of carboxylic acids is 1. The summed E-state index contributed by atoms with van der Waals surface area (Å²) in [4.78, 5) is 56.7. The largest absolute Gasteiger partial charge is 0.480 e. The van der Waals surface area contributed by atoms with E-state index in [-0.39, 0.29) is 28.1 Å². The summed E-state index contributed by atoms with van der Waals surface area (Å²) in [6.07, 6.45) is 0.875. The molecule has 1 atom stereocenters. The Morgan fingerprint density at radius 2 is 1.62 bits per heavy atom. The fourth-order valence-electron chi connectivity index (χ4n) is 5.31. The van der Waals surface area contributed by atoms with Gasteiger partial charge in [-0.25, -0.2) is 9.59 Å². The predicted molar refractivity (Wildman–Crippen MR) is 153 cm³/mol. The van der Waals surface area contributed by atoms with Gasteiger partial charge in [-0.05, 0) is 43.0 Å². The van der Waals surface area contributed by atoms with Crippen LogP contribution in [0.1, 0.15) is 37.0 Å². The van der Waals surface area contributed by atoms with E-state index in [1.165, 1.54) is 12.1 Å². The Kier molecular flexibility index (Phi) is 9.10. The number of para-hydroxylation sites is 1. The highest BCUT2D eigenvalue weighted by atomic mass is 35.5. The van der Waals surface area contributed by atoms with E-state index in [1.54, 1.807) is 11.0 Å². The summed E-state index contributed by atoms with van der Waals surface area (Å²) in [5, 5.41) is 14.8. The number of piperidine rings is 1. The monoisotopic (exact) mass is 589 g/mol. The molecule has 2 aromatic carbocycles. The lowest BCUT2D eigenvalue weighted by atomic mass is 9.85. The molecule has 12 heteroatoms. The van der Waals surface area contributed by atoms with Crippen molar-refractivity contribution in [3.63, 3.8) is 0 Å². The van der Waals surface area contributed by atoms with Crippen molar-refractivity contribution in [2.75, 3.05) is 37.7 Å². The summed E-state index contributed by atoms with van der Waals surface area (Å²) in [7, 11) is 0. The van der Waals surface area contributed by atoms with Crippen molar-refractivity contribution in [2.45, 2.75) is 38.3 Å². The topological polar surface area (TPSA) is 122 Å². The maximum absolute atomic E-state index is 13.7. The number of carbonyl (C=O) groups is 4. The number of rotatable bonds is 8. The first-order valence-electron chi connectivity index (χ1n) is 13.2. The number of halogens is 2. The van der Waals surface area contributed by atoms with Crippen molar-refractivity contribution < 1.29 is 24.3 Å². The number of aliphatic carboxylic acids is 1. The number of hydrogen-bond donors (Lipinski definition) is 3. The molecule has 2 aliphatic heterocycles. The molecule has 2 aliphatic rings. The van der Waals surface area contributed by atoms with Crippen molar-refractivity contribution in [3.8, 4) is 0 Å². The van der Waals surface area contributed by atoms with Crippen LogP contribution in [0.4, 0.5) is 10.5 Å². The van der Waals surface area contributed by atoms with Gasteiger partial charge in [0.05, 0.1) is 28.8 Å². The average Bonchev–Trinajstić information content (AvgIpc) is 3.17. The summed E-state index contributed by atoms with van der Waals surface area (Å²) < 4.78 is 0. The van der Waals surface area contributed by atoms with Gasteiger partial charge >= 0.3 is 12.0 Å². The second-order valence-electron chi connectivity index (χ2n) is 10.5. The van der Waals surface area contributed by atoms with Gasteiger partial charge in [-0.15, -0.1) is 0 Å². The molecular formula is C28H33Cl2N5O5. The van der Waals surface area contributed by atoms with Gasteiger partial charge in [0.15, 0.2) is 0 Å². The molecule has 2 aromatic rings. The minimum Gasteiger partial charge on any atom is -0.480 e. The zero-order valence-corrected chi connectivity index (χ0v) is 23.9. The molecule has 0 aliphatic carbocycles. The van der Waals surface area contributed by atoms with Crippen LogP contribution in [0.3, 0.4) is 0 Å². The summed E-state index contributed by atoms with van der Waals surface area (Å²) in [5.74, 6) is -1.70. The highest BCUT2D eigenvalue weighted by Crippen LogP contribution is 2.39. The molecule has 0 bridgehead atoms. The molecule has 4 amide bonds. The predicted octanol–water partition coefficient (Wildman–Crippen LogP) is 3.68. The van der Waals surface area contributed by atoms with Crippen molar-refractivity contribution in [2.24, 2.45) is 5.92 Å². The first kappa shape index (κ1) is 29.5. The Hall–Kier alpha value is -3.50. The standard InChI is InChI=1S/C28H33Cl2N5O5/c1-18(2)16-34-17-35(19-7-4-3-5-8-19)28(26(34)39)11-13-33(14-12-28)27(40)31-15-22(25(37)38)32-24(36)23-20(29)9-6-10-21(23)30/h3-10,18,22H,11-17H2,1-2H3,(H,31,40)(H,32,36)(H,37,38). The van der Waals surface area contributed by atoms with Gasteiger partial charge in [-0.1, -0.05) is 61.3 Å². The zero-order valence-electron chi connectivity index (χ0n) is 22.4. The smallest absolute Gasteiger partial charge is 0.328 e. The Morgan fingerprint density at radius 3 is 2.20 bits per heavy atom. The number of carboxylic acid groups (broad SMARTS) is 1. The lowest BCUT2D eigenvalue weighted by Gasteiger charge is -2.43. The second-order valence-corrected chi connectivity index (χ2v) is 11.3. The van der Waals surface area contributed by atoms with Gasteiger partial charge in [0.2, 0.25) is 5.91 Å². The number of nitrogens with zero attached hydrogens (tertiary/aromatic N) is 3. The highest BCUT2D eigenvalue weighted by Gasteiger charge is 2.54. The molecule has 0 saturated carbocycles. The summed E-state index contributed by atoms with van der Waals surface area (Å²) in [6, 6.07) is 12.4. The number of carbonyl (C=O) groups excluding carboxylic acids is 3. The van der Waals surface area contributed by atoms with E-state index in [0.29, 0.717) is 45.1 Å². The van der Waals surface area contributed by atoms with Crippen molar-refractivity contribution >= 4 is 52.7 Å². The number of urea groups is 1. The molecule has 2 heterocycles. The third-order valence-corrected chi connectivity index (χ3v) is 7.93. The van der Waals surface area contributed by atoms with E-state index >= 15 is 0 Å². The lowest BCUT2D eigenvalue weighted by molar-refractivity contribution is -0.139. The fourth-order valence-corrected chi connectivity index (χ4v) is 5.88. The zero-order chi connectivity index (χ0) is 29.0.